The number of rotatable bonds is 6. The lowest BCUT2D eigenvalue weighted by atomic mass is 10.1. The van der Waals surface area contributed by atoms with Crippen LogP contribution in [0.15, 0.2) is 18.2 Å². The van der Waals surface area contributed by atoms with Crippen LogP contribution in [0.25, 0.3) is 0 Å². The van der Waals surface area contributed by atoms with Crippen LogP contribution < -0.4 is 0 Å². The fraction of sp³-hybridized carbons (Fsp3) is 0.556. The summed E-state index contributed by atoms with van der Waals surface area (Å²) in [6.45, 7) is 8.21. The third kappa shape index (κ3) is 5.32. The van der Waals surface area contributed by atoms with Crippen molar-refractivity contribution in [2.75, 3.05) is 53.0 Å². The molecule has 6 heteroatoms. The molecule has 0 saturated carbocycles. The molecule has 1 saturated heterocycles. The van der Waals surface area contributed by atoms with E-state index in [1.54, 1.807) is 4.90 Å². The highest BCUT2D eigenvalue weighted by molar-refractivity contribution is 5.96. The van der Waals surface area contributed by atoms with Gasteiger partial charge in [0.2, 0.25) is 0 Å². The Kier molecular flexibility index (Phi) is 6.75. The van der Waals surface area contributed by atoms with Crippen LogP contribution in [-0.2, 0) is 14.3 Å². The van der Waals surface area contributed by atoms with E-state index in [2.05, 4.69) is 4.90 Å². The molecule has 1 aliphatic rings. The first-order chi connectivity index (χ1) is 11.5. The Morgan fingerprint density at radius 3 is 2.38 bits per heavy atom. The van der Waals surface area contributed by atoms with Crippen LogP contribution >= 0.6 is 0 Å². The number of benzene rings is 1. The van der Waals surface area contributed by atoms with E-state index in [4.69, 9.17) is 9.47 Å². The summed E-state index contributed by atoms with van der Waals surface area (Å²) in [7, 11) is 1.34. The molecule has 0 spiro atoms. The van der Waals surface area contributed by atoms with Crippen molar-refractivity contribution in [2.45, 2.75) is 13.8 Å². The standard InChI is InChI=1S/C18H26N2O4/c1-14-10-15(2)12-16(11-14)18(22)20(13-17(21)23-3)5-4-19-6-8-24-9-7-19/h10-12H,4-9,13H2,1-3H3. The Bertz CT molecular complexity index is 562. The Morgan fingerprint density at radius 2 is 1.79 bits per heavy atom. The smallest absolute Gasteiger partial charge is 0.325 e. The molecule has 6 nitrogen and oxygen atoms in total. The van der Waals surface area contributed by atoms with E-state index in [0.717, 1.165) is 30.8 Å². The predicted octanol–water partition coefficient (Wildman–Crippen LogP) is 1.25. The summed E-state index contributed by atoms with van der Waals surface area (Å²) >= 11 is 0. The molecular formula is C18H26N2O4. The van der Waals surface area contributed by atoms with Crippen LogP contribution in [0.1, 0.15) is 21.5 Å². The van der Waals surface area contributed by atoms with E-state index in [1.165, 1.54) is 7.11 Å². The van der Waals surface area contributed by atoms with Crippen molar-refractivity contribution in [3.63, 3.8) is 0 Å². The number of carbonyl (C=O) groups is 2. The molecule has 0 aliphatic carbocycles. The molecule has 24 heavy (non-hydrogen) atoms. The van der Waals surface area contributed by atoms with E-state index < -0.39 is 5.97 Å². The van der Waals surface area contributed by atoms with Crippen molar-refractivity contribution < 1.29 is 19.1 Å². The molecule has 1 aliphatic heterocycles. The van der Waals surface area contributed by atoms with Crippen molar-refractivity contribution in [1.82, 2.24) is 9.80 Å². The van der Waals surface area contributed by atoms with Crippen molar-refractivity contribution in [3.05, 3.63) is 34.9 Å². The number of amides is 1. The van der Waals surface area contributed by atoms with Crippen LogP contribution in [0.5, 0.6) is 0 Å². The summed E-state index contributed by atoms with van der Waals surface area (Å²) in [5, 5.41) is 0. The zero-order valence-electron chi connectivity index (χ0n) is 14.7. The zero-order valence-corrected chi connectivity index (χ0v) is 14.7. The maximum absolute atomic E-state index is 12.8. The Balaban J connectivity index is 2.08. The minimum absolute atomic E-state index is 0.0351. The molecule has 1 aromatic carbocycles. The van der Waals surface area contributed by atoms with E-state index in [-0.39, 0.29) is 12.5 Å². The third-order valence-electron chi connectivity index (χ3n) is 4.09. The normalized spacial score (nSPS) is 15.1. The average molecular weight is 334 g/mol. The van der Waals surface area contributed by atoms with Gasteiger partial charge in [-0.3, -0.25) is 14.5 Å². The molecule has 2 rings (SSSR count). The number of aryl methyl sites for hydroxylation is 2. The molecule has 132 valence electrons. The van der Waals surface area contributed by atoms with Gasteiger partial charge in [0, 0.05) is 31.7 Å². The first kappa shape index (κ1) is 18.4. The van der Waals surface area contributed by atoms with E-state index in [9.17, 15) is 9.59 Å². The second-order valence-corrected chi connectivity index (χ2v) is 6.13. The molecule has 0 unspecified atom stereocenters. The second-order valence-electron chi connectivity index (χ2n) is 6.13. The molecule has 0 aromatic heterocycles. The van der Waals surface area contributed by atoms with Crippen LogP contribution in [0.2, 0.25) is 0 Å². The maximum Gasteiger partial charge on any atom is 0.325 e. The van der Waals surface area contributed by atoms with Gasteiger partial charge >= 0.3 is 5.97 Å². The van der Waals surface area contributed by atoms with Crippen molar-refractivity contribution in [1.29, 1.82) is 0 Å². The number of morpholine rings is 1. The Hall–Kier alpha value is -1.92. The van der Waals surface area contributed by atoms with Gasteiger partial charge in [0.1, 0.15) is 6.54 Å². The summed E-state index contributed by atoms with van der Waals surface area (Å²) in [5.74, 6) is -0.546. The number of hydrogen-bond donors (Lipinski definition) is 0. The molecule has 0 bridgehead atoms. The zero-order chi connectivity index (χ0) is 17.5. The van der Waals surface area contributed by atoms with Gasteiger partial charge in [-0.15, -0.1) is 0 Å². The summed E-state index contributed by atoms with van der Waals surface area (Å²) in [6, 6.07) is 5.73. The summed E-state index contributed by atoms with van der Waals surface area (Å²) < 4.78 is 10.1. The highest BCUT2D eigenvalue weighted by atomic mass is 16.5. The fourth-order valence-corrected chi connectivity index (χ4v) is 2.84. The van der Waals surface area contributed by atoms with Crippen LogP contribution in [-0.4, -0.2) is 74.7 Å². The van der Waals surface area contributed by atoms with E-state index >= 15 is 0 Å². The van der Waals surface area contributed by atoms with Gasteiger partial charge in [-0.05, 0) is 26.0 Å². The Morgan fingerprint density at radius 1 is 1.17 bits per heavy atom. The van der Waals surface area contributed by atoms with E-state index in [1.807, 2.05) is 32.0 Å². The van der Waals surface area contributed by atoms with Crippen molar-refractivity contribution in [2.24, 2.45) is 0 Å². The SMILES string of the molecule is COC(=O)CN(CCN1CCOCC1)C(=O)c1cc(C)cc(C)c1. The number of esters is 1. The van der Waals surface area contributed by atoms with Gasteiger partial charge in [0.05, 0.1) is 20.3 Å². The van der Waals surface area contributed by atoms with Gasteiger partial charge in [-0.25, -0.2) is 0 Å². The first-order valence-electron chi connectivity index (χ1n) is 8.24. The lowest BCUT2D eigenvalue weighted by Crippen LogP contribution is -2.44. The number of carbonyl (C=O) groups excluding carboxylic acids is 2. The van der Waals surface area contributed by atoms with Crippen molar-refractivity contribution in [3.8, 4) is 0 Å². The third-order valence-corrected chi connectivity index (χ3v) is 4.09. The highest BCUT2D eigenvalue weighted by Crippen LogP contribution is 2.12. The molecule has 1 heterocycles. The van der Waals surface area contributed by atoms with Crippen LogP contribution in [0.3, 0.4) is 0 Å². The van der Waals surface area contributed by atoms with Gasteiger partial charge < -0.3 is 14.4 Å². The quantitative estimate of drug-likeness (QED) is 0.733. The van der Waals surface area contributed by atoms with Gasteiger partial charge in [-0.2, -0.15) is 0 Å². The number of nitrogens with zero attached hydrogens (tertiary/aromatic N) is 2. The number of ether oxygens (including phenoxy) is 2. The van der Waals surface area contributed by atoms with E-state index in [0.29, 0.717) is 25.3 Å². The fourth-order valence-electron chi connectivity index (χ4n) is 2.84. The molecule has 1 fully saturated rings. The topological polar surface area (TPSA) is 59.1 Å². The van der Waals surface area contributed by atoms with Crippen LogP contribution in [0.4, 0.5) is 0 Å². The second kappa shape index (κ2) is 8.80. The molecule has 0 atom stereocenters. The number of methoxy groups -OCH3 is 1. The average Bonchev–Trinajstić information content (AvgIpc) is 2.57. The lowest BCUT2D eigenvalue weighted by molar-refractivity contribution is -0.141. The monoisotopic (exact) mass is 334 g/mol. The predicted molar refractivity (Wildman–Crippen MR) is 91.1 cm³/mol. The Labute approximate surface area is 143 Å². The summed E-state index contributed by atoms with van der Waals surface area (Å²) in [6.07, 6.45) is 0. The molecule has 1 amide bonds. The minimum atomic E-state index is -0.408. The van der Waals surface area contributed by atoms with Crippen LogP contribution in [0, 0.1) is 13.8 Å². The molecule has 0 radical (unpaired) electrons. The maximum atomic E-state index is 12.8. The first-order valence-corrected chi connectivity index (χ1v) is 8.24. The molecular weight excluding hydrogens is 308 g/mol. The number of hydrogen-bond acceptors (Lipinski definition) is 5. The highest BCUT2D eigenvalue weighted by Gasteiger charge is 2.21. The molecule has 1 aromatic rings. The van der Waals surface area contributed by atoms with Crippen molar-refractivity contribution >= 4 is 11.9 Å². The lowest BCUT2D eigenvalue weighted by Gasteiger charge is -2.29. The van der Waals surface area contributed by atoms with Gasteiger partial charge in [0.25, 0.3) is 5.91 Å². The minimum Gasteiger partial charge on any atom is -0.468 e. The largest absolute Gasteiger partial charge is 0.468 e. The molecule has 0 N–H and O–H groups in total. The van der Waals surface area contributed by atoms with Gasteiger partial charge in [-0.1, -0.05) is 17.2 Å². The summed E-state index contributed by atoms with van der Waals surface area (Å²) in [5.41, 5.74) is 2.67. The summed E-state index contributed by atoms with van der Waals surface area (Å²) in [4.78, 5) is 28.3. The van der Waals surface area contributed by atoms with Gasteiger partial charge in [0.15, 0.2) is 0 Å².